The molecular formula is C24H29N3O6S. The van der Waals surface area contributed by atoms with E-state index in [1.807, 2.05) is 0 Å². The molecule has 4 rings (SSSR count). The molecule has 2 aromatic rings. The highest BCUT2D eigenvalue weighted by atomic mass is 32.2. The molecule has 10 heteroatoms. The zero-order valence-corrected chi connectivity index (χ0v) is 20.0. The summed E-state index contributed by atoms with van der Waals surface area (Å²) in [6.45, 7) is 3.56. The molecule has 0 bridgehead atoms. The average molecular weight is 488 g/mol. The van der Waals surface area contributed by atoms with Crippen LogP contribution in [-0.2, 0) is 14.8 Å². The van der Waals surface area contributed by atoms with E-state index in [1.165, 1.54) is 21.3 Å². The molecule has 2 aromatic carbocycles. The van der Waals surface area contributed by atoms with Crippen LogP contribution in [0.4, 0.5) is 5.69 Å². The largest absolute Gasteiger partial charge is 0.486 e. The number of nitrogens with zero attached hydrogens (tertiary/aromatic N) is 2. The number of carbonyl (C=O) groups is 2. The Balaban J connectivity index is 1.49. The summed E-state index contributed by atoms with van der Waals surface area (Å²) in [5.41, 5.74) is 0.591. The summed E-state index contributed by atoms with van der Waals surface area (Å²) in [7, 11) is -3.81. The number of likely N-dealkylation sites (N-methyl/N-ethyl adjacent to an activating group) is 1. The Hall–Kier alpha value is -3.11. The lowest BCUT2D eigenvalue weighted by Crippen LogP contribution is -2.40. The smallest absolute Gasteiger partial charge is 0.255 e. The van der Waals surface area contributed by atoms with E-state index in [0.717, 1.165) is 19.3 Å². The quantitative estimate of drug-likeness (QED) is 0.644. The molecule has 0 saturated carbocycles. The Morgan fingerprint density at radius 3 is 2.44 bits per heavy atom. The second-order valence-corrected chi connectivity index (χ2v) is 10.1. The minimum Gasteiger partial charge on any atom is -0.486 e. The summed E-state index contributed by atoms with van der Waals surface area (Å²) in [4.78, 5) is 27.4. The van der Waals surface area contributed by atoms with Crippen molar-refractivity contribution in [2.45, 2.75) is 31.1 Å². The number of rotatable bonds is 7. The maximum absolute atomic E-state index is 13.3. The zero-order chi connectivity index (χ0) is 24.1. The van der Waals surface area contributed by atoms with Gasteiger partial charge in [0, 0.05) is 31.4 Å². The first-order valence-corrected chi connectivity index (χ1v) is 12.9. The molecule has 2 aliphatic heterocycles. The topological polar surface area (TPSA) is 105 Å². The number of hydrogen-bond donors (Lipinski definition) is 1. The van der Waals surface area contributed by atoms with E-state index in [-0.39, 0.29) is 23.5 Å². The lowest BCUT2D eigenvalue weighted by Gasteiger charge is -2.27. The van der Waals surface area contributed by atoms with E-state index in [1.54, 1.807) is 37.3 Å². The number of fused-ring (bicyclic) bond motifs is 1. The van der Waals surface area contributed by atoms with Crippen LogP contribution in [0, 0.1) is 0 Å². The van der Waals surface area contributed by atoms with Gasteiger partial charge in [0.1, 0.15) is 19.8 Å². The number of piperidine rings is 1. The highest BCUT2D eigenvalue weighted by Gasteiger charge is 2.31. The lowest BCUT2D eigenvalue weighted by molar-refractivity contribution is -0.116. The second kappa shape index (κ2) is 10.4. The number of sulfonamides is 1. The maximum Gasteiger partial charge on any atom is 0.255 e. The van der Waals surface area contributed by atoms with Crippen molar-refractivity contribution >= 4 is 27.5 Å². The van der Waals surface area contributed by atoms with Crippen LogP contribution in [-0.4, -0.2) is 68.8 Å². The number of ether oxygens (including phenoxy) is 2. The highest BCUT2D eigenvalue weighted by Crippen LogP contribution is 2.32. The molecule has 0 aliphatic carbocycles. The summed E-state index contributed by atoms with van der Waals surface area (Å²) >= 11 is 0. The fourth-order valence-corrected chi connectivity index (χ4v) is 5.81. The number of carbonyl (C=O) groups excluding carboxylic acids is 2. The molecule has 1 N–H and O–H groups in total. The molecule has 2 heterocycles. The van der Waals surface area contributed by atoms with E-state index < -0.39 is 21.8 Å². The van der Waals surface area contributed by atoms with Crippen molar-refractivity contribution in [3.63, 3.8) is 0 Å². The maximum atomic E-state index is 13.3. The number of amides is 2. The van der Waals surface area contributed by atoms with Gasteiger partial charge >= 0.3 is 0 Å². The molecule has 0 aromatic heterocycles. The lowest BCUT2D eigenvalue weighted by atomic mass is 10.2. The van der Waals surface area contributed by atoms with Gasteiger partial charge in [-0.1, -0.05) is 18.6 Å². The third-order valence-electron chi connectivity index (χ3n) is 5.88. The standard InChI is InChI=1S/C24H29N3O6S/c1-2-26(17-23(28)25-18-10-11-20-21(16-18)33-15-14-32-20)24(29)19-8-4-5-9-22(19)34(30,31)27-12-6-3-7-13-27/h4-5,8-11,16H,2-3,6-7,12-15,17H2,1H3,(H,25,28). The summed E-state index contributed by atoms with van der Waals surface area (Å²) in [5.74, 6) is 0.254. The van der Waals surface area contributed by atoms with Gasteiger partial charge in [-0.05, 0) is 44.0 Å². The Labute approximate surface area is 199 Å². The van der Waals surface area contributed by atoms with Crippen LogP contribution in [0.3, 0.4) is 0 Å². The monoisotopic (exact) mass is 487 g/mol. The molecule has 1 fully saturated rings. The van der Waals surface area contributed by atoms with Crippen LogP contribution >= 0.6 is 0 Å². The van der Waals surface area contributed by atoms with Crippen LogP contribution in [0.15, 0.2) is 47.4 Å². The Morgan fingerprint density at radius 2 is 1.71 bits per heavy atom. The number of benzene rings is 2. The van der Waals surface area contributed by atoms with Gasteiger partial charge < -0.3 is 19.7 Å². The zero-order valence-electron chi connectivity index (χ0n) is 19.2. The third-order valence-corrected chi connectivity index (χ3v) is 7.84. The molecule has 0 unspecified atom stereocenters. The molecule has 0 spiro atoms. The molecule has 1 saturated heterocycles. The molecule has 2 amide bonds. The van der Waals surface area contributed by atoms with Crippen molar-refractivity contribution in [2.24, 2.45) is 0 Å². The number of nitrogens with one attached hydrogen (secondary N) is 1. The normalized spacial score (nSPS) is 16.0. The van der Waals surface area contributed by atoms with E-state index in [4.69, 9.17) is 9.47 Å². The van der Waals surface area contributed by atoms with Crippen molar-refractivity contribution in [1.29, 1.82) is 0 Å². The van der Waals surface area contributed by atoms with Gasteiger partial charge in [-0.2, -0.15) is 4.31 Å². The summed E-state index contributed by atoms with van der Waals surface area (Å²) < 4.78 is 39.0. The molecule has 0 radical (unpaired) electrons. The molecule has 0 atom stereocenters. The van der Waals surface area contributed by atoms with E-state index in [2.05, 4.69) is 5.32 Å². The Morgan fingerprint density at radius 1 is 1.00 bits per heavy atom. The molecule has 182 valence electrons. The van der Waals surface area contributed by atoms with Crippen LogP contribution in [0.1, 0.15) is 36.5 Å². The second-order valence-electron chi connectivity index (χ2n) is 8.19. The van der Waals surface area contributed by atoms with Gasteiger partial charge in [-0.15, -0.1) is 0 Å². The SMILES string of the molecule is CCN(CC(=O)Nc1ccc2c(c1)OCCO2)C(=O)c1ccccc1S(=O)(=O)N1CCCCC1. The van der Waals surface area contributed by atoms with Gasteiger partial charge in [0.15, 0.2) is 11.5 Å². The van der Waals surface area contributed by atoms with Gasteiger partial charge in [0.25, 0.3) is 5.91 Å². The van der Waals surface area contributed by atoms with Crippen molar-refractivity contribution in [2.75, 3.05) is 44.7 Å². The molecule has 9 nitrogen and oxygen atoms in total. The Kier molecular flexibility index (Phi) is 7.38. The first kappa shape index (κ1) is 24.0. The fourth-order valence-electron chi connectivity index (χ4n) is 4.11. The van der Waals surface area contributed by atoms with Crippen LogP contribution in [0.5, 0.6) is 11.5 Å². The van der Waals surface area contributed by atoms with Gasteiger partial charge in [0.2, 0.25) is 15.9 Å². The molecule has 34 heavy (non-hydrogen) atoms. The van der Waals surface area contributed by atoms with Crippen molar-refractivity contribution in [1.82, 2.24) is 9.21 Å². The van der Waals surface area contributed by atoms with E-state index in [0.29, 0.717) is 43.5 Å². The van der Waals surface area contributed by atoms with E-state index >= 15 is 0 Å². The number of anilines is 1. The summed E-state index contributed by atoms with van der Waals surface area (Å²) in [5, 5.41) is 2.76. The van der Waals surface area contributed by atoms with E-state index in [9.17, 15) is 18.0 Å². The van der Waals surface area contributed by atoms with Crippen LogP contribution in [0.25, 0.3) is 0 Å². The van der Waals surface area contributed by atoms with Crippen molar-refractivity contribution in [3.05, 3.63) is 48.0 Å². The Bertz CT molecular complexity index is 1160. The van der Waals surface area contributed by atoms with Gasteiger partial charge in [0.05, 0.1) is 10.5 Å². The van der Waals surface area contributed by atoms with Crippen LogP contribution in [0.2, 0.25) is 0 Å². The third kappa shape index (κ3) is 5.18. The van der Waals surface area contributed by atoms with Gasteiger partial charge in [-0.3, -0.25) is 9.59 Å². The van der Waals surface area contributed by atoms with Crippen molar-refractivity contribution < 1.29 is 27.5 Å². The minimum absolute atomic E-state index is 0.0207. The predicted molar refractivity (Wildman–Crippen MR) is 127 cm³/mol. The first-order chi connectivity index (χ1) is 16.4. The fraction of sp³-hybridized carbons (Fsp3) is 0.417. The molecule has 2 aliphatic rings. The van der Waals surface area contributed by atoms with Gasteiger partial charge in [-0.25, -0.2) is 8.42 Å². The number of hydrogen-bond acceptors (Lipinski definition) is 6. The summed E-state index contributed by atoms with van der Waals surface area (Å²) in [6, 6.07) is 11.3. The summed E-state index contributed by atoms with van der Waals surface area (Å²) in [6.07, 6.45) is 2.60. The predicted octanol–water partition coefficient (Wildman–Crippen LogP) is 2.73. The first-order valence-electron chi connectivity index (χ1n) is 11.5. The van der Waals surface area contributed by atoms with Crippen LogP contribution < -0.4 is 14.8 Å². The highest BCUT2D eigenvalue weighted by molar-refractivity contribution is 7.89. The average Bonchev–Trinajstić information content (AvgIpc) is 2.87. The minimum atomic E-state index is -3.81. The van der Waals surface area contributed by atoms with Crippen molar-refractivity contribution in [3.8, 4) is 11.5 Å². The molecular weight excluding hydrogens is 458 g/mol.